The van der Waals surface area contributed by atoms with E-state index in [0.717, 1.165) is 36.9 Å². The van der Waals surface area contributed by atoms with Crippen LogP contribution in [0.15, 0.2) is 24.3 Å². The van der Waals surface area contributed by atoms with Gasteiger partial charge in [-0.25, -0.2) is 0 Å². The summed E-state index contributed by atoms with van der Waals surface area (Å²) in [5.41, 5.74) is 1.15. The van der Waals surface area contributed by atoms with Gasteiger partial charge in [-0.05, 0) is 30.7 Å². The Morgan fingerprint density at radius 1 is 1.26 bits per heavy atom. The van der Waals surface area contributed by atoms with Gasteiger partial charge in [-0.2, -0.15) is 0 Å². The smallest absolute Gasteiger partial charge is 0.320 e. The Bertz CT molecular complexity index is 428. The molecule has 0 amide bonds. The van der Waals surface area contributed by atoms with Crippen LogP contribution in [-0.2, 0) is 4.79 Å². The highest BCUT2D eigenvalue weighted by Gasteiger charge is 2.27. The molecule has 0 radical (unpaired) electrons. The van der Waals surface area contributed by atoms with Crippen LogP contribution in [0.25, 0.3) is 0 Å². The molecule has 1 atom stereocenters. The van der Waals surface area contributed by atoms with Crippen LogP contribution >= 0.6 is 11.6 Å². The number of benzene rings is 1. The molecule has 5 heteroatoms. The van der Waals surface area contributed by atoms with E-state index in [0.29, 0.717) is 6.42 Å². The molecule has 0 aromatic heterocycles. The van der Waals surface area contributed by atoms with Crippen molar-refractivity contribution in [2.75, 3.05) is 31.1 Å². The van der Waals surface area contributed by atoms with Crippen LogP contribution in [0.3, 0.4) is 0 Å². The molecule has 19 heavy (non-hydrogen) atoms. The number of hydrogen-bond donors (Lipinski definition) is 1. The predicted molar refractivity (Wildman–Crippen MR) is 77.0 cm³/mol. The quantitative estimate of drug-likeness (QED) is 0.920. The van der Waals surface area contributed by atoms with E-state index in [9.17, 15) is 4.79 Å². The molecule has 0 bridgehead atoms. The van der Waals surface area contributed by atoms with Gasteiger partial charge < -0.3 is 10.0 Å². The van der Waals surface area contributed by atoms with Crippen LogP contribution in [-0.4, -0.2) is 48.2 Å². The molecule has 1 heterocycles. The van der Waals surface area contributed by atoms with E-state index in [1.165, 1.54) is 0 Å². The molecule has 0 saturated carbocycles. The van der Waals surface area contributed by atoms with Gasteiger partial charge in [-0.1, -0.05) is 18.5 Å². The Hall–Kier alpha value is -1.26. The average Bonchev–Trinajstić information content (AvgIpc) is 2.41. The molecule has 1 fully saturated rings. The van der Waals surface area contributed by atoms with Crippen LogP contribution in [0.4, 0.5) is 5.69 Å². The van der Waals surface area contributed by atoms with Gasteiger partial charge in [0.25, 0.3) is 0 Å². The number of hydrogen-bond acceptors (Lipinski definition) is 3. The molecule has 0 aliphatic carbocycles. The van der Waals surface area contributed by atoms with Crippen LogP contribution in [0.2, 0.25) is 5.02 Å². The fraction of sp³-hybridized carbons (Fsp3) is 0.500. The molecule has 104 valence electrons. The minimum absolute atomic E-state index is 0.354. The van der Waals surface area contributed by atoms with Crippen molar-refractivity contribution in [3.05, 3.63) is 29.3 Å². The number of nitrogens with zero attached hydrogens (tertiary/aromatic N) is 2. The van der Waals surface area contributed by atoms with Gasteiger partial charge in [0, 0.05) is 36.9 Å². The van der Waals surface area contributed by atoms with Gasteiger partial charge in [-0.3, -0.25) is 9.69 Å². The molecule has 1 aliphatic rings. The van der Waals surface area contributed by atoms with Crippen molar-refractivity contribution in [3.63, 3.8) is 0 Å². The van der Waals surface area contributed by atoms with Crippen LogP contribution in [0.1, 0.15) is 13.3 Å². The fourth-order valence-electron chi connectivity index (χ4n) is 2.53. The molecule has 2 rings (SSSR count). The summed E-state index contributed by atoms with van der Waals surface area (Å²) >= 11 is 5.88. The lowest BCUT2D eigenvalue weighted by Gasteiger charge is -2.38. The summed E-state index contributed by atoms with van der Waals surface area (Å²) in [4.78, 5) is 15.5. The highest BCUT2D eigenvalue weighted by atomic mass is 35.5. The normalized spacial score (nSPS) is 18.3. The topological polar surface area (TPSA) is 43.8 Å². The summed E-state index contributed by atoms with van der Waals surface area (Å²) in [7, 11) is 0. The van der Waals surface area contributed by atoms with E-state index in [1.54, 1.807) is 0 Å². The number of halogens is 1. The summed E-state index contributed by atoms with van der Waals surface area (Å²) < 4.78 is 0. The SMILES string of the molecule is CC[C@@H](C(=O)O)N1CCN(c2ccc(Cl)cc2)CC1. The maximum absolute atomic E-state index is 11.1. The molecule has 1 saturated heterocycles. The predicted octanol–water partition coefficient (Wildman–Crippen LogP) is 2.33. The minimum Gasteiger partial charge on any atom is -0.480 e. The molecule has 1 N–H and O–H groups in total. The van der Waals surface area contributed by atoms with E-state index in [2.05, 4.69) is 9.80 Å². The Balaban J connectivity index is 1.95. The number of carboxylic acid groups (broad SMARTS) is 1. The lowest BCUT2D eigenvalue weighted by atomic mass is 10.1. The zero-order valence-electron chi connectivity index (χ0n) is 11.1. The Labute approximate surface area is 118 Å². The zero-order chi connectivity index (χ0) is 13.8. The van der Waals surface area contributed by atoms with Gasteiger partial charge in [0.05, 0.1) is 0 Å². The van der Waals surface area contributed by atoms with Crippen molar-refractivity contribution in [1.82, 2.24) is 4.90 Å². The number of carboxylic acids is 1. The molecular formula is C14H19ClN2O2. The van der Waals surface area contributed by atoms with Crippen molar-refractivity contribution in [2.24, 2.45) is 0 Å². The van der Waals surface area contributed by atoms with Crippen LogP contribution in [0, 0.1) is 0 Å². The largest absolute Gasteiger partial charge is 0.480 e. The first-order valence-electron chi connectivity index (χ1n) is 6.59. The lowest BCUT2D eigenvalue weighted by molar-refractivity contribution is -0.143. The Morgan fingerprint density at radius 3 is 2.32 bits per heavy atom. The van der Waals surface area contributed by atoms with Crippen molar-refractivity contribution in [3.8, 4) is 0 Å². The second kappa shape index (κ2) is 6.26. The third kappa shape index (κ3) is 3.39. The molecule has 1 aliphatic heterocycles. The third-order valence-electron chi connectivity index (χ3n) is 3.62. The number of aliphatic carboxylic acids is 1. The van der Waals surface area contributed by atoms with Gasteiger partial charge in [-0.15, -0.1) is 0 Å². The highest BCUT2D eigenvalue weighted by molar-refractivity contribution is 6.30. The minimum atomic E-state index is -0.720. The van der Waals surface area contributed by atoms with Crippen molar-refractivity contribution in [1.29, 1.82) is 0 Å². The third-order valence-corrected chi connectivity index (χ3v) is 3.87. The molecule has 1 aromatic carbocycles. The summed E-state index contributed by atoms with van der Waals surface area (Å²) in [6.45, 7) is 5.20. The van der Waals surface area contributed by atoms with Gasteiger partial charge in [0.15, 0.2) is 0 Å². The van der Waals surface area contributed by atoms with Crippen molar-refractivity contribution in [2.45, 2.75) is 19.4 Å². The first-order valence-corrected chi connectivity index (χ1v) is 6.97. The second-order valence-electron chi connectivity index (χ2n) is 4.76. The number of rotatable bonds is 4. The van der Waals surface area contributed by atoms with E-state index < -0.39 is 5.97 Å². The molecule has 1 aromatic rings. The summed E-state index contributed by atoms with van der Waals surface area (Å²) in [6.07, 6.45) is 0.649. The van der Waals surface area contributed by atoms with E-state index in [1.807, 2.05) is 31.2 Å². The maximum Gasteiger partial charge on any atom is 0.320 e. The van der Waals surface area contributed by atoms with Gasteiger partial charge in [0.2, 0.25) is 0 Å². The second-order valence-corrected chi connectivity index (χ2v) is 5.20. The van der Waals surface area contributed by atoms with Gasteiger partial charge >= 0.3 is 5.97 Å². The summed E-state index contributed by atoms with van der Waals surface area (Å²) in [5, 5.41) is 9.90. The van der Waals surface area contributed by atoms with Crippen LogP contribution < -0.4 is 4.90 Å². The highest BCUT2D eigenvalue weighted by Crippen LogP contribution is 2.20. The number of piperazine rings is 1. The number of carbonyl (C=O) groups is 1. The monoisotopic (exact) mass is 282 g/mol. The summed E-state index contributed by atoms with van der Waals surface area (Å²) in [5.74, 6) is -0.720. The zero-order valence-corrected chi connectivity index (χ0v) is 11.8. The lowest BCUT2D eigenvalue weighted by Crippen LogP contribution is -2.52. The van der Waals surface area contributed by atoms with Crippen molar-refractivity contribution < 1.29 is 9.90 Å². The number of anilines is 1. The Morgan fingerprint density at radius 2 is 1.84 bits per heavy atom. The van der Waals surface area contributed by atoms with E-state index >= 15 is 0 Å². The molecule has 0 unspecified atom stereocenters. The van der Waals surface area contributed by atoms with E-state index in [-0.39, 0.29) is 6.04 Å². The first-order chi connectivity index (χ1) is 9.11. The Kier molecular flexibility index (Phi) is 4.66. The van der Waals surface area contributed by atoms with E-state index in [4.69, 9.17) is 16.7 Å². The van der Waals surface area contributed by atoms with Crippen molar-refractivity contribution >= 4 is 23.3 Å². The van der Waals surface area contributed by atoms with Gasteiger partial charge in [0.1, 0.15) is 6.04 Å². The standard InChI is InChI=1S/C14H19ClN2O2/c1-2-13(14(18)19)17-9-7-16(8-10-17)12-5-3-11(15)4-6-12/h3-6,13H,2,7-10H2,1H3,(H,18,19)/t13-/m0/s1. The molecular weight excluding hydrogens is 264 g/mol. The summed E-state index contributed by atoms with van der Waals surface area (Å²) in [6, 6.07) is 7.43. The first kappa shape index (κ1) is 14.2. The fourth-order valence-corrected chi connectivity index (χ4v) is 2.66. The van der Waals surface area contributed by atoms with Crippen LogP contribution in [0.5, 0.6) is 0 Å². The molecule has 0 spiro atoms. The maximum atomic E-state index is 11.1. The average molecular weight is 283 g/mol. The molecule has 4 nitrogen and oxygen atoms in total.